The van der Waals surface area contributed by atoms with Gasteiger partial charge in [0.05, 0.1) is 5.75 Å². The summed E-state index contributed by atoms with van der Waals surface area (Å²) in [5, 5.41) is 12.3. The van der Waals surface area contributed by atoms with Gasteiger partial charge in [0.25, 0.3) is 0 Å². The van der Waals surface area contributed by atoms with E-state index in [0.717, 1.165) is 16.3 Å². The fourth-order valence-corrected chi connectivity index (χ4v) is 3.58. The van der Waals surface area contributed by atoms with Crippen molar-refractivity contribution in [3.05, 3.63) is 59.7 Å². The summed E-state index contributed by atoms with van der Waals surface area (Å²) in [6.45, 7) is -1.22. The topological polar surface area (TPSA) is 82.5 Å². The Kier molecular flexibility index (Phi) is 5.73. The Morgan fingerprint density at radius 1 is 1.07 bits per heavy atom. The van der Waals surface area contributed by atoms with Gasteiger partial charge in [-0.15, -0.1) is 10.2 Å². The first kappa shape index (κ1) is 20.4. The van der Waals surface area contributed by atoms with Crippen molar-refractivity contribution in [3.63, 3.8) is 0 Å². The minimum Gasteiger partial charge on any atom is -0.338 e. The Morgan fingerprint density at radius 2 is 1.87 bits per heavy atom. The van der Waals surface area contributed by atoms with E-state index in [2.05, 4.69) is 25.3 Å². The largest absolute Gasteiger partial charge is 0.406 e. The number of thioether (sulfide) groups is 1. The third kappa shape index (κ3) is 4.79. The number of aromatic nitrogens is 6. The van der Waals surface area contributed by atoms with Gasteiger partial charge >= 0.3 is 6.18 Å². The molecule has 0 atom stereocenters. The number of halogens is 4. The summed E-state index contributed by atoms with van der Waals surface area (Å²) in [4.78, 5) is 8.13. The van der Waals surface area contributed by atoms with E-state index in [1.54, 1.807) is 36.4 Å². The monoisotopic (exact) mass is 452 g/mol. The van der Waals surface area contributed by atoms with E-state index in [0.29, 0.717) is 22.0 Å². The second-order valence-corrected chi connectivity index (χ2v) is 7.43. The lowest BCUT2D eigenvalue weighted by Crippen LogP contribution is -2.19. The van der Waals surface area contributed by atoms with Gasteiger partial charge in [0.15, 0.2) is 11.0 Å². The molecule has 0 saturated heterocycles. The predicted octanol–water partition coefficient (Wildman–Crippen LogP) is 4.90. The third-order valence-corrected chi connectivity index (χ3v) is 5.06. The Labute approximate surface area is 177 Å². The Balaban J connectivity index is 1.56. The van der Waals surface area contributed by atoms with Crippen LogP contribution in [0.4, 0.5) is 13.2 Å². The summed E-state index contributed by atoms with van der Waals surface area (Å²) in [6, 6.07) is 10.1. The molecule has 3 heterocycles. The van der Waals surface area contributed by atoms with E-state index in [-0.39, 0.29) is 22.6 Å². The number of hydrogen-bond acceptors (Lipinski definition) is 7. The van der Waals surface area contributed by atoms with E-state index in [1.165, 1.54) is 12.4 Å². The molecule has 0 fully saturated rings. The SMILES string of the molecule is FC(F)(F)Cn1c(SCc2nc(-c3cccc(Cl)c3)no2)nnc1-c1ccncc1. The van der Waals surface area contributed by atoms with E-state index in [1.807, 2.05) is 0 Å². The second kappa shape index (κ2) is 8.44. The molecule has 0 aliphatic heterocycles. The van der Waals surface area contributed by atoms with Crippen molar-refractivity contribution in [2.24, 2.45) is 0 Å². The van der Waals surface area contributed by atoms with Gasteiger partial charge < -0.3 is 4.52 Å². The van der Waals surface area contributed by atoms with Crippen molar-refractivity contribution in [1.29, 1.82) is 0 Å². The van der Waals surface area contributed by atoms with Gasteiger partial charge in [0.2, 0.25) is 11.7 Å². The van der Waals surface area contributed by atoms with Crippen LogP contribution in [0.1, 0.15) is 5.89 Å². The third-order valence-electron chi connectivity index (χ3n) is 3.87. The molecule has 30 heavy (non-hydrogen) atoms. The smallest absolute Gasteiger partial charge is 0.338 e. The fraction of sp³-hybridized carbons (Fsp3) is 0.167. The van der Waals surface area contributed by atoms with Crippen molar-refractivity contribution in [2.45, 2.75) is 23.6 Å². The number of pyridine rings is 1. The zero-order chi connectivity index (χ0) is 21.1. The lowest BCUT2D eigenvalue weighted by Gasteiger charge is -2.12. The van der Waals surface area contributed by atoms with Crippen molar-refractivity contribution in [2.75, 3.05) is 0 Å². The first-order valence-corrected chi connectivity index (χ1v) is 9.87. The van der Waals surface area contributed by atoms with Gasteiger partial charge in [0.1, 0.15) is 6.54 Å². The summed E-state index contributed by atoms with van der Waals surface area (Å²) >= 11 is 6.98. The highest BCUT2D eigenvalue weighted by Crippen LogP contribution is 2.30. The summed E-state index contributed by atoms with van der Waals surface area (Å²) in [5.74, 6) is 0.798. The molecule has 4 rings (SSSR count). The van der Waals surface area contributed by atoms with Gasteiger partial charge in [-0.05, 0) is 24.3 Å². The van der Waals surface area contributed by atoms with Crippen molar-refractivity contribution in [1.82, 2.24) is 29.9 Å². The normalized spacial score (nSPS) is 11.7. The summed E-state index contributed by atoms with van der Waals surface area (Å²) in [5.41, 5.74) is 1.15. The number of rotatable bonds is 6. The average molecular weight is 453 g/mol. The van der Waals surface area contributed by atoms with Crippen molar-refractivity contribution in [3.8, 4) is 22.8 Å². The zero-order valence-corrected chi connectivity index (χ0v) is 16.6. The van der Waals surface area contributed by atoms with E-state index >= 15 is 0 Å². The van der Waals surface area contributed by atoms with E-state index < -0.39 is 12.7 Å². The van der Waals surface area contributed by atoms with Gasteiger partial charge in [-0.1, -0.05) is 40.7 Å². The summed E-state index contributed by atoms with van der Waals surface area (Å²) in [7, 11) is 0. The van der Waals surface area contributed by atoms with Gasteiger partial charge in [0, 0.05) is 28.5 Å². The highest BCUT2D eigenvalue weighted by atomic mass is 35.5. The van der Waals surface area contributed by atoms with Crippen molar-refractivity contribution >= 4 is 23.4 Å². The maximum atomic E-state index is 13.1. The van der Waals surface area contributed by atoms with Crippen LogP contribution in [0.5, 0.6) is 0 Å². The molecule has 0 spiro atoms. The standard InChI is InChI=1S/C18H12ClF3N6OS/c19-13-3-1-2-12(8-13)15-24-14(29-27-15)9-30-17-26-25-16(11-4-6-23-7-5-11)28(17)10-18(20,21)22/h1-8H,9-10H2. The lowest BCUT2D eigenvalue weighted by molar-refractivity contribution is -0.141. The van der Waals surface area contributed by atoms with Gasteiger partial charge in [-0.2, -0.15) is 18.2 Å². The zero-order valence-electron chi connectivity index (χ0n) is 15.0. The Hall–Kier alpha value is -2.92. The van der Waals surface area contributed by atoms with Crippen LogP contribution in [-0.2, 0) is 12.3 Å². The van der Waals surface area contributed by atoms with Crippen LogP contribution in [0.15, 0.2) is 58.5 Å². The molecule has 0 amide bonds. The predicted molar refractivity (Wildman–Crippen MR) is 104 cm³/mol. The van der Waals surface area contributed by atoms with Crippen molar-refractivity contribution < 1.29 is 17.7 Å². The number of alkyl halides is 3. The average Bonchev–Trinajstić information content (AvgIpc) is 3.33. The quantitative estimate of drug-likeness (QED) is 0.385. The van der Waals surface area contributed by atoms with Crippen LogP contribution in [0.3, 0.4) is 0 Å². The fourth-order valence-electron chi connectivity index (χ4n) is 2.62. The first-order chi connectivity index (χ1) is 14.4. The molecule has 4 aromatic rings. The summed E-state index contributed by atoms with van der Waals surface area (Å²) < 4.78 is 45.6. The number of nitrogens with zero attached hydrogens (tertiary/aromatic N) is 6. The van der Waals surface area contributed by atoms with Crippen LogP contribution in [0.2, 0.25) is 5.02 Å². The summed E-state index contributed by atoms with van der Waals surface area (Å²) in [6.07, 6.45) is -1.49. The van der Waals surface area contributed by atoms with Crippen LogP contribution in [0, 0.1) is 0 Å². The number of benzene rings is 1. The molecule has 0 saturated carbocycles. The molecule has 0 radical (unpaired) electrons. The molecule has 0 unspecified atom stereocenters. The van der Waals surface area contributed by atoms with Gasteiger partial charge in [-0.3, -0.25) is 9.55 Å². The highest BCUT2D eigenvalue weighted by molar-refractivity contribution is 7.98. The molecule has 3 aromatic heterocycles. The minimum absolute atomic E-state index is 0.0849. The highest BCUT2D eigenvalue weighted by Gasteiger charge is 2.31. The molecule has 0 bridgehead atoms. The first-order valence-electron chi connectivity index (χ1n) is 8.51. The Morgan fingerprint density at radius 3 is 2.60 bits per heavy atom. The molecule has 0 aliphatic carbocycles. The number of hydrogen-bond donors (Lipinski definition) is 0. The molecule has 0 N–H and O–H groups in total. The second-order valence-electron chi connectivity index (χ2n) is 6.05. The Bertz CT molecular complexity index is 1150. The van der Waals surface area contributed by atoms with E-state index in [4.69, 9.17) is 16.1 Å². The van der Waals surface area contributed by atoms with Crippen LogP contribution in [-0.4, -0.2) is 36.1 Å². The minimum atomic E-state index is -4.44. The molecular formula is C18H12ClF3N6OS. The molecule has 7 nitrogen and oxygen atoms in total. The molecule has 1 aromatic carbocycles. The molecule has 154 valence electrons. The molecule has 12 heteroatoms. The lowest BCUT2D eigenvalue weighted by atomic mass is 10.2. The van der Waals surface area contributed by atoms with Crippen LogP contribution >= 0.6 is 23.4 Å². The van der Waals surface area contributed by atoms with E-state index in [9.17, 15) is 13.2 Å². The van der Waals surface area contributed by atoms with Crippen LogP contribution in [0.25, 0.3) is 22.8 Å². The van der Waals surface area contributed by atoms with Crippen LogP contribution < -0.4 is 0 Å². The van der Waals surface area contributed by atoms with Gasteiger partial charge in [-0.25, -0.2) is 0 Å². The molecule has 0 aliphatic rings. The maximum absolute atomic E-state index is 13.1. The molecular weight excluding hydrogens is 441 g/mol. The maximum Gasteiger partial charge on any atom is 0.406 e.